The average Bonchev–Trinajstić information content (AvgIpc) is 3.46. The molecule has 2 aliphatic rings. The van der Waals surface area contributed by atoms with E-state index >= 15 is 0 Å². The van der Waals surface area contributed by atoms with Crippen LogP contribution in [0, 0.1) is 11.7 Å². The predicted molar refractivity (Wildman–Crippen MR) is 106 cm³/mol. The molecule has 1 aliphatic carbocycles. The Labute approximate surface area is 173 Å². The van der Waals surface area contributed by atoms with Crippen LogP contribution in [-0.4, -0.2) is 33.9 Å². The van der Waals surface area contributed by atoms with Crippen LogP contribution >= 0.6 is 0 Å². The fraction of sp³-hybridized carbons (Fsp3) is 0.333. The largest absolute Gasteiger partial charge is 0.492 e. The third-order valence-corrected chi connectivity index (χ3v) is 6.80. The van der Waals surface area contributed by atoms with Crippen LogP contribution < -0.4 is 9.46 Å². The van der Waals surface area contributed by atoms with Crippen LogP contribution in [0.2, 0.25) is 0 Å². The van der Waals surface area contributed by atoms with E-state index in [1.807, 2.05) is 0 Å². The number of ether oxygens (including phenoxy) is 2. The molecule has 0 bridgehead atoms. The van der Waals surface area contributed by atoms with Crippen molar-refractivity contribution in [3.63, 3.8) is 0 Å². The van der Waals surface area contributed by atoms with Gasteiger partial charge in [0.25, 0.3) is 10.0 Å². The lowest BCUT2D eigenvalue weighted by atomic mass is 10.0. The molecule has 9 heteroatoms. The second kappa shape index (κ2) is 7.39. The molecule has 1 fully saturated rings. The van der Waals surface area contributed by atoms with Gasteiger partial charge in [0.2, 0.25) is 0 Å². The monoisotopic (exact) mass is 433 g/mol. The second-order valence-corrected chi connectivity index (χ2v) is 9.20. The number of rotatable bonds is 6. The molecule has 1 N–H and O–H groups in total. The number of fused-ring (bicyclic) bond motifs is 3. The smallest absolute Gasteiger partial charge is 0.343 e. The highest BCUT2D eigenvalue weighted by Gasteiger charge is 2.45. The molecule has 0 aromatic heterocycles. The minimum atomic E-state index is -4.23. The van der Waals surface area contributed by atoms with Crippen LogP contribution in [0.25, 0.3) is 0 Å². The number of sulfonamides is 1. The number of methoxy groups -OCH3 is 1. The zero-order valence-electron chi connectivity index (χ0n) is 16.4. The molecule has 2 atom stereocenters. The molecule has 2 aromatic carbocycles. The van der Waals surface area contributed by atoms with Gasteiger partial charge < -0.3 is 9.47 Å². The molecule has 7 nitrogen and oxygen atoms in total. The Kier molecular flexibility index (Phi) is 5.01. The quantitative estimate of drug-likeness (QED) is 0.703. The van der Waals surface area contributed by atoms with Crippen LogP contribution in [-0.2, 0) is 26.0 Å². The van der Waals surface area contributed by atoms with Crippen molar-refractivity contribution in [3.05, 3.63) is 52.8 Å². The number of Topliss-reactive ketones (excluding diaryl/α,β-unsaturated/α-hetero) is 1. The highest BCUT2D eigenvalue weighted by molar-refractivity contribution is 7.92. The SMILES string of the molecule is COC(=O)c1c(NS(=O)(=O)c2ccc(F)cc2CC(C)=O)ccc2c1OCC1CC21. The van der Waals surface area contributed by atoms with Crippen molar-refractivity contribution in [2.24, 2.45) is 5.92 Å². The number of nitrogens with one attached hydrogen (secondary N) is 1. The Morgan fingerprint density at radius 3 is 2.73 bits per heavy atom. The van der Waals surface area contributed by atoms with Gasteiger partial charge in [0.1, 0.15) is 22.9 Å². The van der Waals surface area contributed by atoms with Gasteiger partial charge in [-0.15, -0.1) is 0 Å². The van der Waals surface area contributed by atoms with Crippen LogP contribution in [0.3, 0.4) is 0 Å². The first-order chi connectivity index (χ1) is 14.2. The number of carbonyl (C=O) groups is 2. The van der Waals surface area contributed by atoms with Gasteiger partial charge in [-0.3, -0.25) is 9.52 Å². The van der Waals surface area contributed by atoms with Crippen molar-refractivity contribution < 1.29 is 31.9 Å². The summed E-state index contributed by atoms with van der Waals surface area (Å²) in [5.41, 5.74) is 0.884. The molecule has 30 heavy (non-hydrogen) atoms. The molecule has 1 saturated carbocycles. The Hall–Kier alpha value is -2.94. The summed E-state index contributed by atoms with van der Waals surface area (Å²) >= 11 is 0. The Morgan fingerprint density at radius 1 is 1.27 bits per heavy atom. The number of esters is 1. The Morgan fingerprint density at radius 2 is 2.03 bits per heavy atom. The minimum Gasteiger partial charge on any atom is -0.492 e. The zero-order valence-corrected chi connectivity index (χ0v) is 17.2. The zero-order chi connectivity index (χ0) is 21.6. The van der Waals surface area contributed by atoms with Crippen LogP contribution in [0.15, 0.2) is 35.2 Å². The molecule has 4 rings (SSSR count). The number of halogens is 1. The summed E-state index contributed by atoms with van der Waals surface area (Å²) in [4.78, 5) is 23.8. The van der Waals surface area contributed by atoms with Crippen LogP contribution in [0.5, 0.6) is 5.75 Å². The first-order valence-corrected chi connectivity index (χ1v) is 10.9. The van der Waals surface area contributed by atoms with Gasteiger partial charge in [0.15, 0.2) is 0 Å². The summed E-state index contributed by atoms with van der Waals surface area (Å²) in [6, 6.07) is 6.35. The number of anilines is 1. The van der Waals surface area contributed by atoms with E-state index in [0.29, 0.717) is 24.2 Å². The summed E-state index contributed by atoms with van der Waals surface area (Å²) in [5, 5.41) is 0. The molecular formula is C21H20FNO6S. The topological polar surface area (TPSA) is 98.8 Å². The number of benzene rings is 2. The highest BCUT2D eigenvalue weighted by atomic mass is 32.2. The highest BCUT2D eigenvalue weighted by Crippen LogP contribution is 2.55. The minimum absolute atomic E-state index is 0.000783. The van der Waals surface area contributed by atoms with Crippen molar-refractivity contribution in [1.82, 2.24) is 0 Å². The van der Waals surface area contributed by atoms with E-state index in [4.69, 9.17) is 9.47 Å². The average molecular weight is 433 g/mol. The molecule has 1 aliphatic heterocycles. The molecular weight excluding hydrogens is 413 g/mol. The lowest BCUT2D eigenvalue weighted by Crippen LogP contribution is -2.20. The molecule has 0 amide bonds. The van der Waals surface area contributed by atoms with Crippen LogP contribution in [0.1, 0.15) is 40.7 Å². The third kappa shape index (κ3) is 3.65. The Balaban J connectivity index is 1.77. The van der Waals surface area contributed by atoms with Crippen molar-refractivity contribution in [2.75, 3.05) is 18.4 Å². The van der Waals surface area contributed by atoms with Gasteiger partial charge in [0, 0.05) is 12.3 Å². The predicted octanol–water partition coefficient (Wildman–Crippen LogP) is 3.04. The molecule has 0 saturated heterocycles. The normalized spacial score (nSPS) is 19.2. The van der Waals surface area contributed by atoms with Gasteiger partial charge in [-0.25, -0.2) is 17.6 Å². The van der Waals surface area contributed by atoms with E-state index in [2.05, 4.69) is 4.72 Å². The first-order valence-electron chi connectivity index (χ1n) is 9.40. The van der Waals surface area contributed by atoms with E-state index in [-0.39, 0.29) is 33.9 Å². The summed E-state index contributed by atoms with van der Waals surface area (Å²) < 4.78 is 52.8. The van der Waals surface area contributed by atoms with Crippen molar-refractivity contribution >= 4 is 27.5 Å². The van der Waals surface area contributed by atoms with Gasteiger partial charge in [-0.1, -0.05) is 6.07 Å². The molecule has 0 spiro atoms. The molecule has 1 heterocycles. The van der Waals surface area contributed by atoms with E-state index in [1.54, 1.807) is 6.07 Å². The van der Waals surface area contributed by atoms with Gasteiger partial charge in [0.05, 0.1) is 24.3 Å². The summed E-state index contributed by atoms with van der Waals surface area (Å²) in [6.07, 6.45) is 0.719. The lowest BCUT2D eigenvalue weighted by Gasteiger charge is -2.22. The van der Waals surface area contributed by atoms with Gasteiger partial charge in [-0.2, -0.15) is 0 Å². The maximum absolute atomic E-state index is 13.7. The second-order valence-electron chi connectivity index (χ2n) is 7.55. The fourth-order valence-corrected chi connectivity index (χ4v) is 5.15. The van der Waals surface area contributed by atoms with E-state index in [1.165, 1.54) is 20.1 Å². The van der Waals surface area contributed by atoms with Crippen molar-refractivity contribution in [1.29, 1.82) is 0 Å². The lowest BCUT2D eigenvalue weighted by molar-refractivity contribution is -0.116. The van der Waals surface area contributed by atoms with Crippen LogP contribution in [0.4, 0.5) is 10.1 Å². The number of carbonyl (C=O) groups excluding carboxylic acids is 2. The van der Waals surface area contributed by atoms with E-state index in [0.717, 1.165) is 30.2 Å². The molecule has 0 radical (unpaired) electrons. The number of hydrogen-bond donors (Lipinski definition) is 1. The van der Waals surface area contributed by atoms with E-state index < -0.39 is 21.8 Å². The summed E-state index contributed by atoms with van der Waals surface area (Å²) in [5.74, 6) is -0.661. The fourth-order valence-electron chi connectivity index (χ4n) is 3.86. The van der Waals surface area contributed by atoms with Crippen molar-refractivity contribution in [3.8, 4) is 5.75 Å². The maximum Gasteiger partial charge on any atom is 0.343 e. The summed E-state index contributed by atoms with van der Waals surface area (Å²) in [7, 11) is -3.03. The molecule has 2 aromatic rings. The molecule has 2 unspecified atom stereocenters. The van der Waals surface area contributed by atoms with Crippen molar-refractivity contribution in [2.45, 2.75) is 30.6 Å². The summed E-state index contributed by atoms with van der Waals surface area (Å²) in [6.45, 7) is 1.74. The van der Waals surface area contributed by atoms with E-state index in [9.17, 15) is 22.4 Å². The molecule has 158 valence electrons. The third-order valence-electron chi connectivity index (χ3n) is 5.34. The standard InChI is InChI=1S/C21H20FNO6S/c1-11(24)7-12-8-14(22)3-6-18(12)30(26,27)23-17-5-4-15-16-9-13(16)10-29-20(15)19(17)21(25)28-2/h3-6,8,13,16,23H,7,9-10H2,1-2H3. The van der Waals surface area contributed by atoms with Gasteiger partial charge in [-0.05, 0) is 54.7 Å². The van der Waals surface area contributed by atoms with Gasteiger partial charge >= 0.3 is 5.97 Å². The number of ketones is 1. The first kappa shape index (κ1) is 20.3. The number of hydrogen-bond acceptors (Lipinski definition) is 6. The maximum atomic E-state index is 13.7. The Bertz CT molecular complexity index is 1160.